The number of nitrogens with zero attached hydrogens (tertiary/aromatic N) is 2. The summed E-state index contributed by atoms with van der Waals surface area (Å²) < 4.78 is 10.9. The van der Waals surface area contributed by atoms with Crippen LogP contribution in [0.15, 0.2) is 65.0 Å². The van der Waals surface area contributed by atoms with Gasteiger partial charge in [0.25, 0.3) is 0 Å². The van der Waals surface area contributed by atoms with Crippen LogP contribution in [0.3, 0.4) is 0 Å². The summed E-state index contributed by atoms with van der Waals surface area (Å²) in [7, 11) is 2.95. The summed E-state index contributed by atoms with van der Waals surface area (Å²) in [5.41, 5.74) is 7.22. The number of aromatic hydroxyl groups is 2. The number of nitrogens with one attached hydrogen (secondary N) is 2. The minimum Gasteiger partial charge on any atom is -0.508 e. The number of ether oxygens (including phenoxy) is 2. The highest BCUT2D eigenvalue weighted by molar-refractivity contribution is 5.94. The zero-order chi connectivity index (χ0) is 36.4. The molecular formula is C43H48N4O6. The van der Waals surface area contributed by atoms with E-state index in [0.717, 1.165) is 96.8 Å². The molecule has 0 aromatic heterocycles. The lowest BCUT2D eigenvalue weighted by Gasteiger charge is -2.58. The number of carbonyl (C=O) groups is 2. The number of fused-ring (bicyclic) bond motifs is 4. The number of hydrogen-bond acceptors (Lipinski definition) is 10. The molecule has 10 nitrogen and oxygen atoms in total. The highest BCUT2D eigenvalue weighted by Gasteiger charge is 2.75. The van der Waals surface area contributed by atoms with Gasteiger partial charge < -0.3 is 30.3 Å². The van der Waals surface area contributed by atoms with Crippen molar-refractivity contribution in [3.05, 3.63) is 81.7 Å². The summed E-state index contributed by atoms with van der Waals surface area (Å²) in [6, 6.07) is 10.2. The summed E-state index contributed by atoms with van der Waals surface area (Å²) in [4.78, 5) is 32.5. The number of rotatable bonds is 5. The smallest absolute Gasteiger partial charge is 0.335 e. The van der Waals surface area contributed by atoms with E-state index in [-0.39, 0.29) is 46.6 Å². The summed E-state index contributed by atoms with van der Waals surface area (Å²) in [5, 5.41) is 30.1. The van der Waals surface area contributed by atoms with Gasteiger partial charge in [-0.1, -0.05) is 32.1 Å². The fraction of sp³-hybridized carbons (Fsp3) is 0.535. The molecule has 4 N–H and O–H groups in total. The SMILES string of the molecule is CC[C@]12C=CCN3CC[C@]4(C(=C(C(=O)OC)C1)Nc1cc(O)c([C@@H]5[C@@H]6C[C@@H]6[C@@]6(CC)CC(C(=O)OC)=C7Nc8cc(O)ccc8[C@@]78CCN5[C@@H]68)cc14)[C@@H]32. The van der Waals surface area contributed by atoms with Gasteiger partial charge in [-0.3, -0.25) is 9.80 Å². The molecule has 0 amide bonds. The van der Waals surface area contributed by atoms with Crippen molar-refractivity contribution in [1.29, 1.82) is 0 Å². The molecule has 0 bridgehead atoms. The molecule has 0 unspecified atom stereocenters. The van der Waals surface area contributed by atoms with E-state index < -0.39 is 10.8 Å². The second kappa shape index (κ2) is 10.3. The number of methoxy groups -OCH3 is 2. The van der Waals surface area contributed by atoms with Gasteiger partial charge in [-0.25, -0.2) is 9.59 Å². The fourth-order valence-electron chi connectivity index (χ4n) is 14.2. The van der Waals surface area contributed by atoms with Crippen LogP contribution in [0.5, 0.6) is 11.5 Å². The van der Waals surface area contributed by atoms with E-state index in [9.17, 15) is 19.8 Å². The van der Waals surface area contributed by atoms with Crippen LogP contribution in [0.2, 0.25) is 0 Å². The average molecular weight is 717 g/mol. The lowest BCUT2D eigenvalue weighted by molar-refractivity contribution is -0.138. The first-order valence-electron chi connectivity index (χ1n) is 19.7. The Labute approximate surface area is 309 Å². The molecule has 9 atom stereocenters. The minimum absolute atomic E-state index is 0.00392. The Bertz CT molecular complexity index is 2160. The Balaban J connectivity index is 1.10. The highest BCUT2D eigenvalue weighted by atomic mass is 16.5. The first-order valence-corrected chi connectivity index (χ1v) is 19.7. The molecule has 276 valence electrons. The third kappa shape index (κ3) is 3.55. The van der Waals surface area contributed by atoms with Crippen LogP contribution < -0.4 is 10.6 Å². The number of benzene rings is 2. The van der Waals surface area contributed by atoms with E-state index in [1.54, 1.807) is 12.1 Å². The van der Waals surface area contributed by atoms with Gasteiger partial charge in [-0.05, 0) is 85.5 Å². The van der Waals surface area contributed by atoms with Gasteiger partial charge in [-0.2, -0.15) is 0 Å². The van der Waals surface area contributed by atoms with E-state index in [1.165, 1.54) is 19.8 Å². The summed E-state index contributed by atoms with van der Waals surface area (Å²) >= 11 is 0. The Hall–Kier alpha value is -4.28. The Morgan fingerprint density at radius 2 is 1.57 bits per heavy atom. The quantitative estimate of drug-likeness (QED) is 0.217. The fourth-order valence-corrected chi connectivity index (χ4v) is 14.2. The van der Waals surface area contributed by atoms with Crippen molar-refractivity contribution >= 4 is 23.3 Å². The molecular weight excluding hydrogens is 668 g/mol. The first-order chi connectivity index (χ1) is 25.6. The number of carbonyl (C=O) groups excluding carboxylic acids is 2. The number of esters is 2. The number of phenols is 2. The molecule has 6 heterocycles. The predicted molar refractivity (Wildman–Crippen MR) is 198 cm³/mol. The maximum atomic E-state index is 13.6. The highest BCUT2D eigenvalue weighted by Crippen LogP contribution is 2.76. The number of phenolic OH excluding ortho intramolecular Hbond substituents is 2. The van der Waals surface area contributed by atoms with Gasteiger partial charge in [0.05, 0.1) is 36.2 Å². The molecule has 6 aliphatic heterocycles. The zero-order valence-corrected chi connectivity index (χ0v) is 30.9. The molecule has 2 aromatic carbocycles. The molecule has 2 aromatic rings. The van der Waals surface area contributed by atoms with Gasteiger partial charge in [0.1, 0.15) is 11.5 Å². The largest absolute Gasteiger partial charge is 0.508 e. The van der Waals surface area contributed by atoms with E-state index in [1.807, 2.05) is 6.07 Å². The summed E-state index contributed by atoms with van der Waals surface area (Å²) in [6.07, 6.45) is 10.6. The monoisotopic (exact) mass is 716 g/mol. The van der Waals surface area contributed by atoms with Crippen LogP contribution in [0.4, 0.5) is 11.4 Å². The van der Waals surface area contributed by atoms with Crippen LogP contribution in [0.25, 0.3) is 0 Å². The molecule has 0 radical (unpaired) electrons. The lowest BCUT2D eigenvalue weighted by atomic mass is 9.52. The van der Waals surface area contributed by atoms with Gasteiger partial charge >= 0.3 is 11.9 Å². The molecule has 9 aliphatic rings. The summed E-state index contributed by atoms with van der Waals surface area (Å²) in [5.74, 6) is 0.666. The van der Waals surface area contributed by atoms with Crippen molar-refractivity contribution in [2.45, 2.75) is 87.7 Å². The van der Waals surface area contributed by atoms with Gasteiger partial charge in [0, 0.05) is 83.6 Å². The molecule has 3 saturated heterocycles. The van der Waals surface area contributed by atoms with Crippen molar-refractivity contribution in [2.24, 2.45) is 22.7 Å². The van der Waals surface area contributed by atoms with Gasteiger partial charge in [0.2, 0.25) is 0 Å². The zero-order valence-electron chi connectivity index (χ0n) is 30.9. The van der Waals surface area contributed by atoms with E-state index in [0.29, 0.717) is 30.4 Å². The van der Waals surface area contributed by atoms with Crippen molar-refractivity contribution in [2.75, 3.05) is 44.5 Å². The van der Waals surface area contributed by atoms with Crippen molar-refractivity contribution < 1.29 is 29.3 Å². The topological polar surface area (TPSA) is 124 Å². The van der Waals surface area contributed by atoms with Crippen LogP contribution in [-0.4, -0.2) is 77.9 Å². The first kappa shape index (κ1) is 32.2. The maximum Gasteiger partial charge on any atom is 0.335 e. The van der Waals surface area contributed by atoms with Crippen molar-refractivity contribution in [1.82, 2.24) is 9.80 Å². The predicted octanol–water partition coefficient (Wildman–Crippen LogP) is 5.99. The molecule has 1 saturated carbocycles. The van der Waals surface area contributed by atoms with Crippen LogP contribution >= 0.6 is 0 Å². The summed E-state index contributed by atoms with van der Waals surface area (Å²) in [6.45, 7) is 7.19. The van der Waals surface area contributed by atoms with Crippen LogP contribution in [-0.2, 0) is 29.9 Å². The molecule has 53 heavy (non-hydrogen) atoms. The normalized spacial score (nSPS) is 39.2. The van der Waals surface area contributed by atoms with Gasteiger partial charge in [0.15, 0.2) is 0 Å². The standard InChI is InChI=1S/C43H48N4O6/c1-5-40-10-7-13-46-14-11-43(38(40)46)29-18-24(32(49)19-31(29)45-34(43)25(20-40)36(50)52-3)33-23-17-28(23)41(6-2)21-26(37(51)53-4)35-42(12-15-47(33)39(41)42)27-9-8-22(48)16-30(27)44-35/h7-10,16,18-19,23,28,33,38-39,44-45,48-49H,5-6,11-15,17,20-21H2,1-4H3/t23-,28+,33+,38+,39+,40+,41-,42+,43+/m1/s1. The van der Waals surface area contributed by atoms with Crippen molar-refractivity contribution in [3.8, 4) is 11.5 Å². The number of hydrogen-bond donors (Lipinski definition) is 4. The molecule has 11 rings (SSSR count). The second-order valence-corrected chi connectivity index (χ2v) is 17.5. The third-order valence-corrected chi connectivity index (χ3v) is 16.1. The number of piperidine rings is 1. The van der Waals surface area contributed by atoms with E-state index in [4.69, 9.17) is 9.47 Å². The van der Waals surface area contributed by atoms with Crippen LogP contribution in [0, 0.1) is 22.7 Å². The van der Waals surface area contributed by atoms with E-state index in [2.05, 4.69) is 58.6 Å². The molecule has 3 aliphatic carbocycles. The molecule has 10 heteroatoms. The minimum atomic E-state index is -0.463. The van der Waals surface area contributed by atoms with E-state index >= 15 is 0 Å². The molecule has 4 fully saturated rings. The Kier molecular flexibility index (Phi) is 6.23. The average Bonchev–Trinajstić information content (AvgIpc) is 3.42. The second-order valence-electron chi connectivity index (χ2n) is 17.5. The number of anilines is 2. The Morgan fingerprint density at radius 3 is 2.28 bits per heavy atom. The third-order valence-electron chi connectivity index (χ3n) is 16.1. The van der Waals surface area contributed by atoms with Gasteiger partial charge in [-0.15, -0.1) is 0 Å². The van der Waals surface area contributed by atoms with Crippen molar-refractivity contribution in [3.63, 3.8) is 0 Å². The molecule has 2 spiro atoms. The Morgan fingerprint density at radius 1 is 0.868 bits per heavy atom. The maximum absolute atomic E-state index is 13.6. The van der Waals surface area contributed by atoms with Crippen LogP contribution in [0.1, 0.15) is 81.5 Å². The lowest BCUT2D eigenvalue weighted by Crippen LogP contribution is -2.61.